The zero-order chi connectivity index (χ0) is 21.3. The van der Waals surface area contributed by atoms with Crippen LogP contribution in [0.3, 0.4) is 0 Å². The van der Waals surface area contributed by atoms with E-state index in [9.17, 15) is 13.2 Å². The van der Waals surface area contributed by atoms with Crippen molar-refractivity contribution in [1.29, 1.82) is 0 Å². The number of benzene rings is 3. The number of carbonyl (C=O) groups is 1. The summed E-state index contributed by atoms with van der Waals surface area (Å²) in [4.78, 5) is 12.6. The van der Waals surface area contributed by atoms with Crippen LogP contribution in [0.2, 0.25) is 0 Å². The molecule has 0 bridgehead atoms. The highest BCUT2D eigenvalue weighted by atomic mass is 32.2. The lowest BCUT2D eigenvalue weighted by atomic mass is 10.1. The first-order valence-corrected chi connectivity index (χ1v) is 10.9. The standard InChI is InChI=1S/C21H18N4O3S2/c22-16-5-1-2-6-17(16)23-20(26)15-11-9-14(10-12-15)13-25-21(29)24-18-7-3-4-8-19(18)30(25,27)28/h1-12H,13,22H2,(H,23,26)(H,24,29). The molecule has 0 radical (unpaired) electrons. The summed E-state index contributed by atoms with van der Waals surface area (Å²) >= 11 is 5.26. The number of anilines is 3. The summed E-state index contributed by atoms with van der Waals surface area (Å²) in [5.74, 6) is -0.309. The highest BCUT2D eigenvalue weighted by Crippen LogP contribution is 2.31. The van der Waals surface area contributed by atoms with E-state index in [0.29, 0.717) is 28.2 Å². The van der Waals surface area contributed by atoms with E-state index in [4.69, 9.17) is 18.0 Å². The highest BCUT2D eigenvalue weighted by molar-refractivity contribution is 7.92. The van der Waals surface area contributed by atoms with Gasteiger partial charge < -0.3 is 16.4 Å². The van der Waals surface area contributed by atoms with Crippen LogP contribution in [-0.4, -0.2) is 23.7 Å². The average molecular weight is 439 g/mol. The number of amides is 1. The van der Waals surface area contributed by atoms with Gasteiger partial charge in [0.1, 0.15) is 4.90 Å². The summed E-state index contributed by atoms with van der Waals surface area (Å²) in [6.07, 6.45) is 0. The van der Waals surface area contributed by atoms with Gasteiger partial charge in [-0.3, -0.25) is 4.79 Å². The molecule has 9 heteroatoms. The van der Waals surface area contributed by atoms with Gasteiger partial charge in [0, 0.05) is 5.56 Å². The zero-order valence-electron chi connectivity index (χ0n) is 15.7. The minimum Gasteiger partial charge on any atom is -0.397 e. The van der Waals surface area contributed by atoms with E-state index >= 15 is 0 Å². The van der Waals surface area contributed by atoms with E-state index in [1.165, 1.54) is 6.07 Å². The van der Waals surface area contributed by atoms with Crippen molar-refractivity contribution in [2.45, 2.75) is 11.4 Å². The third-order valence-corrected chi connectivity index (χ3v) is 6.92. The van der Waals surface area contributed by atoms with E-state index in [1.54, 1.807) is 66.7 Å². The van der Waals surface area contributed by atoms with Crippen LogP contribution in [0, 0.1) is 0 Å². The molecule has 0 spiro atoms. The van der Waals surface area contributed by atoms with Crippen molar-refractivity contribution in [3.63, 3.8) is 0 Å². The van der Waals surface area contributed by atoms with E-state index < -0.39 is 10.0 Å². The Labute approximate surface area is 179 Å². The molecule has 0 aliphatic carbocycles. The lowest BCUT2D eigenvalue weighted by Crippen LogP contribution is -2.43. The van der Waals surface area contributed by atoms with Gasteiger partial charge in [0.2, 0.25) is 0 Å². The maximum absolute atomic E-state index is 13.0. The Morgan fingerprint density at radius 1 is 1.00 bits per heavy atom. The van der Waals surface area contributed by atoms with Crippen molar-refractivity contribution in [2.24, 2.45) is 0 Å². The molecule has 1 amide bonds. The normalized spacial score (nSPS) is 14.5. The molecule has 1 aliphatic rings. The molecule has 3 aromatic rings. The maximum atomic E-state index is 13.0. The van der Waals surface area contributed by atoms with Gasteiger partial charge in [-0.2, -0.15) is 0 Å². The average Bonchev–Trinajstić information content (AvgIpc) is 2.73. The molecule has 4 N–H and O–H groups in total. The van der Waals surface area contributed by atoms with Crippen LogP contribution in [-0.2, 0) is 16.6 Å². The topological polar surface area (TPSA) is 105 Å². The number of rotatable bonds is 4. The van der Waals surface area contributed by atoms with Gasteiger partial charge in [0.05, 0.1) is 23.6 Å². The summed E-state index contributed by atoms with van der Waals surface area (Å²) < 4.78 is 27.0. The quantitative estimate of drug-likeness (QED) is 0.426. The van der Waals surface area contributed by atoms with Gasteiger partial charge in [-0.05, 0) is 54.2 Å². The van der Waals surface area contributed by atoms with Gasteiger partial charge in [0.25, 0.3) is 15.9 Å². The van der Waals surface area contributed by atoms with E-state index in [2.05, 4.69) is 10.6 Å². The molecule has 0 fully saturated rings. The fraction of sp³-hybridized carbons (Fsp3) is 0.0476. The van der Waals surface area contributed by atoms with Crippen molar-refractivity contribution in [2.75, 3.05) is 16.4 Å². The largest absolute Gasteiger partial charge is 0.397 e. The Bertz CT molecular complexity index is 1240. The number of carbonyl (C=O) groups excluding carboxylic acids is 1. The molecule has 4 rings (SSSR count). The van der Waals surface area contributed by atoms with Crippen LogP contribution in [0.15, 0.2) is 77.7 Å². The Morgan fingerprint density at radius 2 is 1.67 bits per heavy atom. The molecule has 3 aromatic carbocycles. The SMILES string of the molecule is Nc1ccccc1NC(=O)c1ccc(CN2C(=S)Nc3ccccc3S2(=O)=O)cc1. The number of nitrogen functional groups attached to an aromatic ring is 1. The van der Waals surface area contributed by atoms with E-state index in [0.717, 1.165) is 4.31 Å². The fourth-order valence-electron chi connectivity index (χ4n) is 3.09. The number of para-hydroxylation sites is 3. The molecule has 30 heavy (non-hydrogen) atoms. The molecule has 1 aliphatic heterocycles. The van der Waals surface area contributed by atoms with Crippen molar-refractivity contribution in [1.82, 2.24) is 4.31 Å². The zero-order valence-corrected chi connectivity index (χ0v) is 17.3. The molecule has 7 nitrogen and oxygen atoms in total. The first-order valence-electron chi connectivity index (χ1n) is 9.04. The van der Waals surface area contributed by atoms with Crippen molar-refractivity contribution in [3.8, 4) is 0 Å². The summed E-state index contributed by atoms with van der Waals surface area (Å²) in [6, 6.07) is 20.2. The molecule has 0 saturated carbocycles. The fourth-order valence-corrected chi connectivity index (χ4v) is 5.03. The highest BCUT2D eigenvalue weighted by Gasteiger charge is 2.34. The first-order chi connectivity index (χ1) is 14.4. The number of hydrogen-bond donors (Lipinski definition) is 3. The molecule has 0 unspecified atom stereocenters. The maximum Gasteiger partial charge on any atom is 0.268 e. The number of thiocarbonyl (C=S) groups is 1. The Balaban J connectivity index is 1.52. The summed E-state index contributed by atoms with van der Waals surface area (Å²) in [5.41, 5.74) is 8.43. The smallest absolute Gasteiger partial charge is 0.268 e. The molecule has 0 aromatic heterocycles. The molecule has 0 atom stereocenters. The summed E-state index contributed by atoms with van der Waals surface area (Å²) in [6.45, 7) is 0.0516. The van der Waals surface area contributed by atoms with Crippen LogP contribution in [0.5, 0.6) is 0 Å². The van der Waals surface area contributed by atoms with Crippen LogP contribution in [0.1, 0.15) is 15.9 Å². The third-order valence-electron chi connectivity index (χ3n) is 4.67. The monoisotopic (exact) mass is 438 g/mol. The second kappa shape index (κ2) is 7.77. The lowest BCUT2D eigenvalue weighted by molar-refractivity contribution is 0.102. The number of nitrogens with two attached hydrogens (primary N) is 1. The van der Waals surface area contributed by atoms with Crippen molar-refractivity contribution >= 4 is 50.3 Å². The Kier molecular flexibility index (Phi) is 5.15. The minimum atomic E-state index is -3.77. The van der Waals surface area contributed by atoms with Crippen molar-refractivity contribution < 1.29 is 13.2 Å². The van der Waals surface area contributed by atoms with Crippen LogP contribution in [0.25, 0.3) is 0 Å². The van der Waals surface area contributed by atoms with E-state index in [1.807, 2.05) is 0 Å². The first kappa shape index (κ1) is 19.9. The molecule has 152 valence electrons. The number of fused-ring (bicyclic) bond motifs is 1. The van der Waals surface area contributed by atoms with Crippen LogP contribution in [0.4, 0.5) is 17.1 Å². The molecular weight excluding hydrogens is 420 g/mol. The van der Waals surface area contributed by atoms with Gasteiger partial charge in [-0.25, -0.2) is 12.7 Å². The van der Waals surface area contributed by atoms with Crippen LogP contribution >= 0.6 is 12.2 Å². The third kappa shape index (κ3) is 3.72. The second-order valence-corrected chi connectivity index (χ2v) is 8.89. The molecule has 1 heterocycles. The summed E-state index contributed by atoms with van der Waals surface area (Å²) in [5, 5.41) is 5.81. The Hall–Kier alpha value is -3.43. The summed E-state index contributed by atoms with van der Waals surface area (Å²) in [7, 11) is -3.77. The van der Waals surface area contributed by atoms with Gasteiger partial charge in [-0.1, -0.05) is 36.4 Å². The molecular formula is C21H18N4O3S2. The lowest BCUT2D eigenvalue weighted by Gasteiger charge is -2.31. The van der Waals surface area contributed by atoms with Crippen molar-refractivity contribution in [3.05, 3.63) is 83.9 Å². The van der Waals surface area contributed by atoms with E-state index in [-0.39, 0.29) is 22.5 Å². The number of nitrogens with zero attached hydrogens (tertiary/aromatic N) is 1. The van der Waals surface area contributed by atoms with Gasteiger partial charge in [-0.15, -0.1) is 0 Å². The predicted molar refractivity (Wildman–Crippen MR) is 121 cm³/mol. The Morgan fingerprint density at radius 3 is 2.40 bits per heavy atom. The number of nitrogens with one attached hydrogen (secondary N) is 2. The number of sulfonamides is 1. The second-order valence-electron chi connectivity index (χ2n) is 6.68. The van der Waals surface area contributed by atoms with Crippen LogP contribution < -0.4 is 16.4 Å². The minimum absolute atomic E-state index is 0.0516. The number of hydrogen-bond acceptors (Lipinski definition) is 5. The predicted octanol–water partition coefficient (Wildman–Crippen LogP) is 3.42. The van der Waals surface area contributed by atoms with Gasteiger partial charge >= 0.3 is 0 Å². The van der Waals surface area contributed by atoms with Gasteiger partial charge in [0.15, 0.2) is 5.11 Å². The molecule has 0 saturated heterocycles.